The number of aromatic nitrogens is 2. The predicted octanol–water partition coefficient (Wildman–Crippen LogP) is 2.19. The van der Waals surface area contributed by atoms with Crippen molar-refractivity contribution in [2.24, 2.45) is 0 Å². The number of carbonyl (C=O) groups excluding carboxylic acids is 1. The van der Waals surface area contributed by atoms with Gasteiger partial charge in [0, 0.05) is 38.4 Å². The number of nitrogens with zero attached hydrogens (tertiary/aromatic N) is 4. The van der Waals surface area contributed by atoms with Gasteiger partial charge in [-0.1, -0.05) is 0 Å². The first-order valence-electron chi connectivity index (χ1n) is 7.11. The van der Waals surface area contributed by atoms with Crippen molar-refractivity contribution in [2.75, 3.05) is 24.3 Å². The van der Waals surface area contributed by atoms with E-state index in [9.17, 15) is 14.9 Å². The van der Waals surface area contributed by atoms with E-state index in [4.69, 9.17) is 0 Å². The topological polar surface area (TPSA) is 93.3 Å². The quantitative estimate of drug-likeness (QED) is 0.651. The van der Waals surface area contributed by atoms with Crippen LogP contribution in [0.2, 0.25) is 0 Å². The molecular weight excluding hydrogens is 298 g/mol. The van der Waals surface area contributed by atoms with Crippen LogP contribution < -0.4 is 10.2 Å². The summed E-state index contributed by atoms with van der Waals surface area (Å²) in [6, 6.07) is 5.70. The Labute approximate surface area is 133 Å². The Morgan fingerprint density at radius 2 is 2.17 bits per heavy atom. The van der Waals surface area contributed by atoms with Gasteiger partial charge in [-0.25, -0.2) is 0 Å². The van der Waals surface area contributed by atoms with Crippen LogP contribution in [0.5, 0.6) is 0 Å². The fourth-order valence-corrected chi connectivity index (χ4v) is 2.24. The second kappa shape index (κ2) is 6.91. The molecule has 0 atom stereocenters. The van der Waals surface area contributed by atoms with Crippen molar-refractivity contribution in [3.8, 4) is 0 Å². The molecule has 2 rings (SSSR count). The molecule has 1 aromatic carbocycles. The number of amides is 1. The van der Waals surface area contributed by atoms with Gasteiger partial charge in [0.1, 0.15) is 12.4 Å². The van der Waals surface area contributed by atoms with Gasteiger partial charge in [-0.15, -0.1) is 0 Å². The van der Waals surface area contributed by atoms with Gasteiger partial charge < -0.3 is 10.2 Å². The fourth-order valence-electron chi connectivity index (χ4n) is 2.24. The highest BCUT2D eigenvalue weighted by Crippen LogP contribution is 2.21. The predicted molar refractivity (Wildman–Crippen MR) is 87.6 cm³/mol. The lowest BCUT2D eigenvalue weighted by Gasteiger charge is -2.16. The van der Waals surface area contributed by atoms with E-state index >= 15 is 0 Å². The lowest BCUT2D eigenvalue weighted by Crippen LogP contribution is -2.15. The third kappa shape index (κ3) is 4.29. The van der Waals surface area contributed by atoms with Gasteiger partial charge in [0.15, 0.2) is 0 Å². The zero-order valence-corrected chi connectivity index (χ0v) is 13.3. The van der Waals surface area contributed by atoms with Gasteiger partial charge in [-0.3, -0.25) is 19.6 Å². The molecule has 0 aliphatic heterocycles. The molecule has 2 aromatic rings. The summed E-state index contributed by atoms with van der Waals surface area (Å²) in [6.45, 7) is 2.27. The number of anilines is 2. The molecule has 0 aliphatic rings. The highest BCUT2D eigenvalue weighted by atomic mass is 16.6. The number of benzene rings is 1. The molecule has 0 fully saturated rings. The minimum atomic E-state index is -0.515. The Morgan fingerprint density at radius 1 is 1.43 bits per heavy atom. The maximum Gasteiger partial charge on any atom is 0.306 e. The largest absolute Gasteiger partial charge is 0.377 e. The average Bonchev–Trinajstić information content (AvgIpc) is 2.94. The number of carbonyl (C=O) groups is 1. The summed E-state index contributed by atoms with van der Waals surface area (Å²) in [5.74, 6) is -0.167. The normalized spacial score (nSPS) is 10.4. The van der Waals surface area contributed by atoms with Crippen LogP contribution in [0.1, 0.15) is 12.0 Å². The molecule has 8 nitrogen and oxygen atoms in total. The van der Waals surface area contributed by atoms with Crippen molar-refractivity contribution < 1.29 is 9.72 Å². The van der Waals surface area contributed by atoms with E-state index in [2.05, 4.69) is 10.4 Å². The van der Waals surface area contributed by atoms with Crippen molar-refractivity contribution >= 4 is 23.0 Å². The fraction of sp³-hybridized carbons (Fsp3) is 0.333. The van der Waals surface area contributed by atoms with Gasteiger partial charge in [-0.05, 0) is 30.7 Å². The number of nitro groups is 1. The first-order valence-corrected chi connectivity index (χ1v) is 7.11. The lowest BCUT2D eigenvalue weighted by molar-refractivity contribution is -0.385. The molecule has 23 heavy (non-hydrogen) atoms. The molecule has 0 aliphatic carbocycles. The van der Waals surface area contributed by atoms with E-state index in [1.165, 1.54) is 17.1 Å². The van der Waals surface area contributed by atoms with E-state index in [1.807, 2.05) is 44.1 Å². The van der Waals surface area contributed by atoms with Crippen LogP contribution in [-0.4, -0.2) is 34.7 Å². The monoisotopic (exact) mass is 317 g/mol. The van der Waals surface area contributed by atoms with E-state index in [-0.39, 0.29) is 24.6 Å². The Bertz CT molecular complexity index is 724. The molecule has 1 aromatic heterocycles. The third-order valence-corrected chi connectivity index (χ3v) is 3.36. The smallest absolute Gasteiger partial charge is 0.306 e. The average molecular weight is 317 g/mol. The zero-order chi connectivity index (χ0) is 17.0. The molecule has 0 saturated heterocycles. The van der Waals surface area contributed by atoms with Crippen molar-refractivity contribution in [1.82, 2.24) is 9.78 Å². The van der Waals surface area contributed by atoms with Gasteiger partial charge in [0.05, 0.1) is 4.92 Å². The number of rotatable bonds is 6. The van der Waals surface area contributed by atoms with Crippen LogP contribution in [0.25, 0.3) is 0 Å². The Balaban J connectivity index is 1.91. The molecule has 1 heterocycles. The van der Waals surface area contributed by atoms with Crippen molar-refractivity contribution in [3.05, 3.63) is 46.3 Å². The van der Waals surface area contributed by atoms with Crippen LogP contribution in [0.15, 0.2) is 30.6 Å². The maximum atomic E-state index is 12.0. The number of nitrogens with one attached hydrogen (secondary N) is 1. The lowest BCUT2D eigenvalue weighted by atomic mass is 10.1. The van der Waals surface area contributed by atoms with Gasteiger partial charge >= 0.3 is 5.69 Å². The standard InChI is InChI=1S/C15H19N5O3/c1-11-8-12(4-5-14(11)18(2)3)17-15(21)6-7-19-10-13(9-16-19)20(22)23/h4-5,8-10H,6-7H2,1-3H3,(H,17,21). The summed E-state index contributed by atoms with van der Waals surface area (Å²) in [5, 5.41) is 17.2. The summed E-state index contributed by atoms with van der Waals surface area (Å²) in [7, 11) is 3.92. The Morgan fingerprint density at radius 3 is 2.74 bits per heavy atom. The van der Waals surface area contributed by atoms with Crippen molar-refractivity contribution in [2.45, 2.75) is 19.9 Å². The molecule has 0 bridgehead atoms. The van der Waals surface area contributed by atoms with Crippen LogP contribution in [0.3, 0.4) is 0 Å². The van der Waals surface area contributed by atoms with Gasteiger partial charge in [0.25, 0.3) is 0 Å². The van der Waals surface area contributed by atoms with Gasteiger partial charge in [-0.2, -0.15) is 5.10 Å². The molecule has 122 valence electrons. The molecule has 8 heteroatoms. The molecule has 1 N–H and O–H groups in total. The summed E-state index contributed by atoms with van der Waals surface area (Å²) in [5.41, 5.74) is 2.80. The van der Waals surface area contributed by atoms with Crippen LogP contribution in [0, 0.1) is 17.0 Å². The SMILES string of the molecule is Cc1cc(NC(=O)CCn2cc([N+](=O)[O-])cn2)ccc1N(C)C. The second-order valence-corrected chi connectivity index (χ2v) is 5.41. The summed E-state index contributed by atoms with van der Waals surface area (Å²) in [6.07, 6.45) is 2.66. The van der Waals surface area contributed by atoms with E-state index < -0.39 is 4.92 Å². The van der Waals surface area contributed by atoms with Crippen molar-refractivity contribution in [3.63, 3.8) is 0 Å². The molecule has 0 unspecified atom stereocenters. The first-order chi connectivity index (χ1) is 10.9. The number of aryl methyl sites for hydroxylation is 2. The number of hydrogen-bond acceptors (Lipinski definition) is 5. The molecule has 0 spiro atoms. The summed E-state index contributed by atoms with van der Waals surface area (Å²) >= 11 is 0. The van der Waals surface area contributed by atoms with E-state index in [0.717, 1.165) is 16.9 Å². The highest BCUT2D eigenvalue weighted by molar-refractivity contribution is 5.91. The van der Waals surface area contributed by atoms with Crippen molar-refractivity contribution in [1.29, 1.82) is 0 Å². The Kier molecular flexibility index (Phi) is 4.95. The molecule has 0 saturated carbocycles. The summed E-state index contributed by atoms with van der Waals surface area (Å²) in [4.78, 5) is 24.0. The molecule has 1 amide bonds. The first kappa shape index (κ1) is 16.5. The minimum absolute atomic E-state index is 0.0830. The molecule has 0 radical (unpaired) electrons. The summed E-state index contributed by atoms with van der Waals surface area (Å²) < 4.78 is 1.39. The maximum absolute atomic E-state index is 12.0. The Hall–Kier alpha value is -2.90. The van der Waals surface area contributed by atoms with E-state index in [0.29, 0.717) is 0 Å². The highest BCUT2D eigenvalue weighted by Gasteiger charge is 2.10. The zero-order valence-electron chi connectivity index (χ0n) is 13.3. The second-order valence-electron chi connectivity index (χ2n) is 5.41. The van der Waals surface area contributed by atoms with Crippen LogP contribution in [-0.2, 0) is 11.3 Å². The third-order valence-electron chi connectivity index (χ3n) is 3.36. The van der Waals surface area contributed by atoms with Crippen LogP contribution >= 0.6 is 0 Å². The minimum Gasteiger partial charge on any atom is -0.377 e. The van der Waals surface area contributed by atoms with E-state index in [1.54, 1.807) is 0 Å². The molecular formula is C15H19N5O3. The van der Waals surface area contributed by atoms with Gasteiger partial charge in [0.2, 0.25) is 5.91 Å². The number of hydrogen-bond donors (Lipinski definition) is 1. The van der Waals surface area contributed by atoms with Crippen LogP contribution in [0.4, 0.5) is 17.1 Å².